The van der Waals surface area contributed by atoms with Gasteiger partial charge in [0.25, 0.3) is 0 Å². The lowest BCUT2D eigenvalue weighted by molar-refractivity contribution is -0.0864. The van der Waals surface area contributed by atoms with Gasteiger partial charge in [-0.2, -0.15) is 0 Å². The highest BCUT2D eigenvalue weighted by molar-refractivity contribution is 5.28. The summed E-state index contributed by atoms with van der Waals surface area (Å²) in [5.41, 5.74) is 1.12. The van der Waals surface area contributed by atoms with Crippen molar-refractivity contribution in [1.29, 1.82) is 0 Å². The van der Waals surface area contributed by atoms with E-state index < -0.39 is 0 Å². The lowest BCUT2D eigenvalue weighted by atomic mass is 9.59. The van der Waals surface area contributed by atoms with Crippen LogP contribution in [0.5, 0.6) is 0 Å². The molecule has 3 rings (SSSR count). The summed E-state index contributed by atoms with van der Waals surface area (Å²) in [6.07, 6.45) is 15.1. The third-order valence-corrected chi connectivity index (χ3v) is 4.65. The molecular formula is C14H20O. The topological polar surface area (TPSA) is 20.2 Å². The van der Waals surface area contributed by atoms with Crippen molar-refractivity contribution < 1.29 is 5.11 Å². The molecule has 1 nitrogen and oxygen atoms in total. The van der Waals surface area contributed by atoms with E-state index in [0.717, 1.165) is 12.8 Å². The molecule has 15 heavy (non-hydrogen) atoms. The maximum atomic E-state index is 10.9. The number of fused-ring (bicyclic) bond motifs is 3. The quantitative estimate of drug-likeness (QED) is 0.601. The Bertz CT molecular complexity index is 315. The predicted molar refractivity (Wildman–Crippen MR) is 61.5 cm³/mol. The maximum Gasteiger partial charge on any atom is 0.0775 e. The van der Waals surface area contributed by atoms with Gasteiger partial charge in [-0.3, -0.25) is 0 Å². The molecule has 1 N–H and O–H groups in total. The van der Waals surface area contributed by atoms with Crippen LogP contribution in [-0.4, -0.2) is 10.7 Å². The van der Waals surface area contributed by atoms with Crippen molar-refractivity contribution in [3.63, 3.8) is 0 Å². The fourth-order valence-electron chi connectivity index (χ4n) is 3.83. The molecule has 2 saturated carbocycles. The van der Waals surface area contributed by atoms with Gasteiger partial charge in [-0.05, 0) is 38.0 Å². The Balaban J connectivity index is 1.94. The summed E-state index contributed by atoms with van der Waals surface area (Å²) in [6, 6.07) is 0. The molecule has 0 heterocycles. The van der Waals surface area contributed by atoms with Crippen LogP contribution in [0.15, 0.2) is 23.8 Å². The van der Waals surface area contributed by atoms with Crippen molar-refractivity contribution in [2.75, 3.05) is 0 Å². The SMILES string of the molecule is O[C@@]12CCCCC1CCC1=CCC=C[C@@H]12. The zero-order valence-corrected chi connectivity index (χ0v) is 9.28. The van der Waals surface area contributed by atoms with E-state index in [1.54, 1.807) is 0 Å². The van der Waals surface area contributed by atoms with Crippen LogP contribution in [0.3, 0.4) is 0 Å². The molecule has 0 aromatic heterocycles. The van der Waals surface area contributed by atoms with E-state index in [2.05, 4.69) is 18.2 Å². The fraction of sp³-hybridized carbons (Fsp3) is 0.714. The van der Waals surface area contributed by atoms with Crippen molar-refractivity contribution in [3.8, 4) is 0 Å². The Morgan fingerprint density at radius 2 is 2.20 bits per heavy atom. The Kier molecular flexibility index (Phi) is 2.24. The summed E-state index contributed by atoms with van der Waals surface area (Å²) < 4.78 is 0. The molecule has 3 aliphatic carbocycles. The first-order chi connectivity index (χ1) is 7.31. The molecule has 82 valence electrons. The highest BCUT2D eigenvalue weighted by Crippen LogP contribution is 2.50. The van der Waals surface area contributed by atoms with Gasteiger partial charge in [-0.15, -0.1) is 0 Å². The van der Waals surface area contributed by atoms with E-state index in [9.17, 15) is 5.11 Å². The summed E-state index contributed by atoms with van der Waals surface area (Å²) >= 11 is 0. The van der Waals surface area contributed by atoms with Crippen LogP contribution in [-0.2, 0) is 0 Å². The Morgan fingerprint density at radius 3 is 3.13 bits per heavy atom. The molecule has 0 amide bonds. The molecule has 0 aromatic rings. The Labute approximate surface area is 91.9 Å². The van der Waals surface area contributed by atoms with E-state index in [0.29, 0.717) is 11.8 Å². The van der Waals surface area contributed by atoms with Gasteiger partial charge in [0.15, 0.2) is 0 Å². The highest BCUT2D eigenvalue weighted by atomic mass is 16.3. The van der Waals surface area contributed by atoms with E-state index in [1.165, 1.54) is 37.7 Å². The summed E-state index contributed by atoms with van der Waals surface area (Å²) in [5.74, 6) is 0.918. The van der Waals surface area contributed by atoms with E-state index in [4.69, 9.17) is 0 Å². The molecule has 0 aliphatic heterocycles. The first-order valence-corrected chi connectivity index (χ1v) is 6.39. The van der Waals surface area contributed by atoms with Crippen molar-refractivity contribution in [3.05, 3.63) is 23.8 Å². The van der Waals surface area contributed by atoms with E-state index >= 15 is 0 Å². The number of rotatable bonds is 0. The zero-order chi connectivity index (χ0) is 10.3. The largest absolute Gasteiger partial charge is 0.389 e. The van der Waals surface area contributed by atoms with Crippen LogP contribution in [0.4, 0.5) is 0 Å². The molecule has 3 atom stereocenters. The zero-order valence-electron chi connectivity index (χ0n) is 9.28. The minimum Gasteiger partial charge on any atom is -0.389 e. The number of hydrogen-bond acceptors (Lipinski definition) is 1. The lowest BCUT2D eigenvalue weighted by Crippen LogP contribution is -2.50. The van der Waals surface area contributed by atoms with Crippen LogP contribution >= 0.6 is 0 Å². The average molecular weight is 204 g/mol. The van der Waals surface area contributed by atoms with Gasteiger partial charge in [0, 0.05) is 5.92 Å². The first-order valence-electron chi connectivity index (χ1n) is 6.39. The highest BCUT2D eigenvalue weighted by Gasteiger charge is 2.48. The van der Waals surface area contributed by atoms with Crippen molar-refractivity contribution in [1.82, 2.24) is 0 Å². The third-order valence-electron chi connectivity index (χ3n) is 4.65. The fourth-order valence-corrected chi connectivity index (χ4v) is 3.83. The molecule has 1 heteroatoms. The second-order valence-electron chi connectivity index (χ2n) is 5.39. The van der Waals surface area contributed by atoms with Gasteiger partial charge in [0.2, 0.25) is 0 Å². The van der Waals surface area contributed by atoms with Crippen LogP contribution < -0.4 is 0 Å². The summed E-state index contributed by atoms with van der Waals surface area (Å²) in [6.45, 7) is 0. The second kappa shape index (κ2) is 3.48. The molecule has 0 spiro atoms. The van der Waals surface area contributed by atoms with Crippen LogP contribution in [0.1, 0.15) is 44.9 Å². The smallest absolute Gasteiger partial charge is 0.0775 e. The van der Waals surface area contributed by atoms with Crippen molar-refractivity contribution >= 4 is 0 Å². The molecule has 0 radical (unpaired) electrons. The molecule has 0 saturated heterocycles. The molecular weight excluding hydrogens is 184 g/mol. The minimum absolute atomic E-state index is 0.352. The monoisotopic (exact) mass is 204 g/mol. The summed E-state index contributed by atoms with van der Waals surface area (Å²) in [7, 11) is 0. The van der Waals surface area contributed by atoms with Gasteiger partial charge < -0.3 is 5.11 Å². The van der Waals surface area contributed by atoms with Crippen molar-refractivity contribution in [2.45, 2.75) is 50.5 Å². The van der Waals surface area contributed by atoms with Crippen LogP contribution in [0, 0.1) is 11.8 Å². The Morgan fingerprint density at radius 1 is 1.27 bits per heavy atom. The minimum atomic E-state index is -0.390. The molecule has 0 aromatic carbocycles. The van der Waals surface area contributed by atoms with Gasteiger partial charge in [-0.25, -0.2) is 0 Å². The number of allylic oxidation sites excluding steroid dienone is 2. The molecule has 1 unspecified atom stereocenters. The maximum absolute atomic E-state index is 10.9. The Hall–Kier alpha value is -0.560. The molecule has 2 fully saturated rings. The van der Waals surface area contributed by atoms with E-state index in [-0.39, 0.29) is 5.60 Å². The lowest BCUT2D eigenvalue weighted by Gasteiger charge is -2.49. The van der Waals surface area contributed by atoms with Gasteiger partial charge in [0.05, 0.1) is 5.60 Å². The normalized spacial score (nSPS) is 44.2. The predicted octanol–water partition coefficient (Wildman–Crippen LogP) is 3.20. The average Bonchev–Trinajstić information content (AvgIpc) is 2.29. The molecule has 3 aliphatic rings. The standard InChI is InChI=1S/C14H20O/c15-14-10-4-3-6-12(14)9-8-11-5-1-2-7-13(11)14/h2,5,7,12-13,15H,1,3-4,6,8-10H2/t12?,13-,14-/m0/s1. The summed E-state index contributed by atoms with van der Waals surface area (Å²) in [5, 5.41) is 10.9. The third kappa shape index (κ3) is 1.40. The van der Waals surface area contributed by atoms with Gasteiger partial charge in [0.1, 0.15) is 0 Å². The van der Waals surface area contributed by atoms with Crippen LogP contribution in [0.2, 0.25) is 0 Å². The number of hydrogen-bond donors (Lipinski definition) is 1. The van der Waals surface area contributed by atoms with Gasteiger partial charge >= 0.3 is 0 Å². The second-order valence-corrected chi connectivity index (χ2v) is 5.39. The molecule has 0 bridgehead atoms. The van der Waals surface area contributed by atoms with Gasteiger partial charge in [-0.1, -0.05) is 36.6 Å². The first kappa shape index (κ1) is 9.65. The summed E-state index contributed by atoms with van der Waals surface area (Å²) in [4.78, 5) is 0. The van der Waals surface area contributed by atoms with Crippen molar-refractivity contribution in [2.24, 2.45) is 11.8 Å². The number of aliphatic hydroxyl groups is 1. The van der Waals surface area contributed by atoms with Crippen LogP contribution in [0.25, 0.3) is 0 Å². The van der Waals surface area contributed by atoms with E-state index in [1.807, 2.05) is 0 Å².